The number of non-ortho nitro benzene ring substituents is 1. The van der Waals surface area contributed by atoms with Crippen molar-refractivity contribution in [3.8, 4) is 17.1 Å². The van der Waals surface area contributed by atoms with Crippen LogP contribution in [0.4, 0.5) is 5.69 Å². The summed E-state index contributed by atoms with van der Waals surface area (Å²) in [6, 6.07) is 8.72. The third-order valence-electron chi connectivity index (χ3n) is 6.69. The molecule has 3 aromatic rings. The van der Waals surface area contributed by atoms with Gasteiger partial charge in [-0.3, -0.25) is 15.1 Å². The van der Waals surface area contributed by atoms with Gasteiger partial charge in [0.1, 0.15) is 5.75 Å². The van der Waals surface area contributed by atoms with E-state index in [9.17, 15) is 10.1 Å². The topological polar surface area (TPSA) is 96.3 Å². The molecule has 4 rings (SSSR count). The van der Waals surface area contributed by atoms with Crippen molar-refractivity contribution in [2.45, 2.75) is 71.1 Å². The smallest absolute Gasteiger partial charge is 0.271 e. The molecular formula is C29H36N4O3. The minimum atomic E-state index is -0.387. The van der Waals surface area contributed by atoms with Crippen molar-refractivity contribution in [1.82, 2.24) is 9.97 Å². The first-order chi connectivity index (χ1) is 17.6. The van der Waals surface area contributed by atoms with Gasteiger partial charge in [0.05, 0.1) is 40.3 Å². The molecule has 190 valence electrons. The number of rotatable bonds is 14. The Bertz CT molecular complexity index is 1280. The monoisotopic (exact) mass is 488 g/mol. The highest BCUT2D eigenvalue weighted by atomic mass is 16.6. The van der Waals surface area contributed by atoms with Gasteiger partial charge in [0.2, 0.25) is 0 Å². The number of benzene rings is 1. The van der Waals surface area contributed by atoms with Crippen LogP contribution in [0.15, 0.2) is 53.2 Å². The molecule has 0 bridgehead atoms. The zero-order valence-corrected chi connectivity index (χ0v) is 21.3. The Morgan fingerprint density at radius 2 is 1.67 bits per heavy atom. The number of unbranched alkanes of at least 4 members (excludes halogenated alkanes) is 8. The molecule has 0 amide bonds. The molecule has 1 aliphatic rings. The van der Waals surface area contributed by atoms with E-state index in [-0.39, 0.29) is 10.6 Å². The van der Waals surface area contributed by atoms with Gasteiger partial charge in [0, 0.05) is 29.3 Å². The summed E-state index contributed by atoms with van der Waals surface area (Å²) in [4.78, 5) is 22.2. The molecule has 7 nitrogen and oxygen atoms in total. The maximum atomic E-state index is 11.1. The highest BCUT2D eigenvalue weighted by molar-refractivity contribution is 5.99. The van der Waals surface area contributed by atoms with E-state index in [0.29, 0.717) is 0 Å². The third kappa shape index (κ3) is 6.53. The van der Waals surface area contributed by atoms with Crippen molar-refractivity contribution in [3.63, 3.8) is 0 Å². The van der Waals surface area contributed by atoms with Gasteiger partial charge in [0.25, 0.3) is 5.69 Å². The zero-order valence-electron chi connectivity index (χ0n) is 21.3. The van der Waals surface area contributed by atoms with Crippen LogP contribution >= 0.6 is 0 Å². The summed E-state index contributed by atoms with van der Waals surface area (Å²) in [5.74, 6) is 0.720. The van der Waals surface area contributed by atoms with Crippen LogP contribution in [-0.2, 0) is 0 Å². The number of H-pyrrole nitrogens is 2. The number of nitrogens with one attached hydrogen (secondary N) is 2. The lowest BCUT2D eigenvalue weighted by Gasteiger charge is -2.02. The second-order valence-electron chi connectivity index (χ2n) is 9.46. The molecule has 0 radical (unpaired) electrons. The van der Waals surface area contributed by atoms with Gasteiger partial charge < -0.3 is 14.7 Å². The molecule has 1 aliphatic heterocycles. The van der Waals surface area contributed by atoms with Gasteiger partial charge in [-0.05, 0) is 43.2 Å². The number of hydrogen-bond acceptors (Lipinski definition) is 4. The van der Waals surface area contributed by atoms with Gasteiger partial charge in [-0.2, -0.15) is 0 Å². The van der Waals surface area contributed by atoms with E-state index in [1.54, 1.807) is 19.2 Å². The Morgan fingerprint density at radius 3 is 2.39 bits per heavy atom. The maximum absolute atomic E-state index is 11.1. The lowest BCUT2D eigenvalue weighted by molar-refractivity contribution is -0.384. The highest BCUT2D eigenvalue weighted by Crippen LogP contribution is 2.32. The number of aromatic amines is 2. The van der Waals surface area contributed by atoms with Crippen LogP contribution in [-0.4, -0.2) is 27.7 Å². The first-order valence-corrected chi connectivity index (χ1v) is 13.1. The molecule has 7 heteroatoms. The quantitative estimate of drug-likeness (QED) is 0.135. The molecule has 3 heterocycles. The number of nitro benzene ring substituents is 1. The standard InChI is InChI=1S/C29H36N4O3/c1-3-4-5-6-7-8-9-10-11-12-22-14-15-23(30-22)18-28-29(36-2)20-27(32-28)26-17-21-13-16-24(33(34)35)19-25(21)31-26/h13-20,31-32H,3-12H2,1-2H3/b23-18+. The second-order valence-corrected chi connectivity index (χ2v) is 9.46. The molecule has 0 aliphatic carbocycles. The molecule has 0 saturated carbocycles. The van der Waals surface area contributed by atoms with E-state index >= 15 is 0 Å². The number of nitro groups is 1. The van der Waals surface area contributed by atoms with E-state index in [4.69, 9.17) is 9.73 Å². The SMILES string of the molecule is CCCCCCCCCCCC1=N/C(=C/c2[nH]c(-c3cc4ccc([N+](=O)[O-])cc4[nH]3)cc2OC)C=C1. The number of aliphatic imine (C=N–C) groups is 1. The summed E-state index contributed by atoms with van der Waals surface area (Å²) >= 11 is 0. The number of hydrogen-bond donors (Lipinski definition) is 2. The maximum Gasteiger partial charge on any atom is 0.271 e. The molecule has 1 aromatic carbocycles. The number of methoxy groups -OCH3 is 1. The Kier molecular flexibility index (Phi) is 8.76. The number of allylic oxidation sites excluding steroid dienone is 2. The van der Waals surface area contributed by atoms with E-state index in [1.165, 1.54) is 63.9 Å². The Hall–Kier alpha value is -3.61. The molecule has 36 heavy (non-hydrogen) atoms. The molecule has 2 aromatic heterocycles. The predicted molar refractivity (Wildman–Crippen MR) is 148 cm³/mol. The van der Waals surface area contributed by atoms with E-state index < -0.39 is 0 Å². The fraction of sp³-hybridized carbons (Fsp3) is 0.414. The molecular weight excluding hydrogens is 452 g/mol. The van der Waals surface area contributed by atoms with E-state index in [0.717, 1.165) is 51.6 Å². The first-order valence-electron chi connectivity index (χ1n) is 13.1. The fourth-order valence-corrected chi connectivity index (χ4v) is 4.65. The molecule has 0 fully saturated rings. The summed E-state index contributed by atoms with van der Waals surface area (Å²) in [5, 5.41) is 12.0. The predicted octanol–water partition coefficient (Wildman–Crippen LogP) is 8.35. The van der Waals surface area contributed by atoms with Crippen molar-refractivity contribution in [2.24, 2.45) is 4.99 Å². The largest absolute Gasteiger partial charge is 0.494 e. The molecule has 0 atom stereocenters. The van der Waals surface area contributed by atoms with Gasteiger partial charge >= 0.3 is 0 Å². The Labute approximate surface area is 212 Å². The Balaban J connectivity index is 1.35. The lowest BCUT2D eigenvalue weighted by Crippen LogP contribution is -1.90. The van der Waals surface area contributed by atoms with Gasteiger partial charge in [-0.1, -0.05) is 58.3 Å². The summed E-state index contributed by atoms with van der Waals surface area (Å²) in [7, 11) is 1.65. The molecule has 0 unspecified atom stereocenters. The number of ether oxygens (including phenoxy) is 1. The van der Waals surface area contributed by atoms with Crippen LogP contribution in [0.2, 0.25) is 0 Å². The van der Waals surface area contributed by atoms with Crippen LogP contribution in [0.25, 0.3) is 28.4 Å². The number of aromatic nitrogens is 2. The zero-order chi connectivity index (χ0) is 25.3. The average molecular weight is 489 g/mol. The lowest BCUT2D eigenvalue weighted by atomic mass is 10.1. The van der Waals surface area contributed by atoms with Crippen LogP contribution in [0.5, 0.6) is 5.75 Å². The van der Waals surface area contributed by atoms with E-state index in [1.807, 2.05) is 24.3 Å². The van der Waals surface area contributed by atoms with Crippen molar-refractivity contribution in [3.05, 3.63) is 64.0 Å². The Morgan fingerprint density at radius 1 is 0.944 bits per heavy atom. The van der Waals surface area contributed by atoms with Gasteiger partial charge in [0.15, 0.2) is 0 Å². The van der Waals surface area contributed by atoms with Crippen LogP contribution in [0.3, 0.4) is 0 Å². The number of fused-ring (bicyclic) bond motifs is 1. The van der Waals surface area contributed by atoms with Crippen molar-refractivity contribution in [1.29, 1.82) is 0 Å². The average Bonchev–Trinajstić information content (AvgIpc) is 3.60. The van der Waals surface area contributed by atoms with Crippen LogP contribution < -0.4 is 4.74 Å². The summed E-state index contributed by atoms with van der Waals surface area (Å²) in [6.07, 6.45) is 19.1. The van der Waals surface area contributed by atoms with Crippen molar-refractivity contribution in [2.75, 3.05) is 7.11 Å². The van der Waals surface area contributed by atoms with Crippen molar-refractivity contribution < 1.29 is 9.66 Å². The fourth-order valence-electron chi connectivity index (χ4n) is 4.65. The summed E-state index contributed by atoms with van der Waals surface area (Å²) in [5.41, 5.74) is 5.34. The first kappa shape index (κ1) is 25.5. The molecule has 0 spiro atoms. The minimum Gasteiger partial charge on any atom is -0.494 e. The highest BCUT2D eigenvalue weighted by Gasteiger charge is 2.14. The number of nitrogens with zero attached hydrogens (tertiary/aromatic N) is 2. The van der Waals surface area contributed by atoms with Gasteiger partial charge in [-0.15, -0.1) is 0 Å². The van der Waals surface area contributed by atoms with E-state index in [2.05, 4.69) is 23.0 Å². The van der Waals surface area contributed by atoms with Gasteiger partial charge in [-0.25, -0.2) is 0 Å². The molecule has 2 N–H and O–H groups in total. The second kappa shape index (κ2) is 12.4. The van der Waals surface area contributed by atoms with Crippen molar-refractivity contribution >= 4 is 28.4 Å². The summed E-state index contributed by atoms with van der Waals surface area (Å²) < 4.78 is 5.59. The van der Waals surface area contributed by atoms with Crippen LogP contribution in [0.1, 0.15) is 76.8 Å². The molecule has 0 saturated heterocycles. The normalized spacial score (nSPS) is 14.2. The third-order valence-corrected chi connectivity index (χ3v) is 6.69. The van der Waals surface area contributed by atoms with Crippen LogP contribution in [0, 0.1) is 10.1 Å². The summed E-state index contributed by atoms with van der Waals surface area (Å²) in [6.45, 7) is 2.26. The minimum absolute atomic E-state index is 0.0643.